The Balaban J connectivity index is 1.32. The molecule has 0 atom stereocenters. The molecule has 3 N–H and O–H groups in total. The highest BCUT2D eigenvalue weighted by atomic mass is 16.6. The van der Waals surface area contributed by atoms with Crippen LogP contribution in [0.3, 0.4) is 0 Å². The van der Waals surface area contributed by atoms with Crippen molar-refractivity contribution in [3.05, 3.63) is 81.9 Å². The van der Waals surface area contributed by atoms with Gasteiger partial charge in [-0.15, -0.1) is 0 Å². The van der Waals surface area contributed by atoms with Crippen molar-refractivity contribution >= 4 is 28.1 Å². The molecule has 1 aliphatic rings. The lowest BCUT2D eigenvalue weighted by atomic mass is 9.87. The predicted molar refractivity (Wildman–Crippen MR) is 145 cm³/mol. The first-order chi connectivity index (χ1) is 17.2. The summed E-state index contributed by atoms with van der Waals surface area (Å²) in [4.78, 5) is 23.9. The van der Waals surface area contributed by atoms with Crippen molar-refractivity contribution < 1.29 is 4.92 Å². The highest BCUT2D eigenvalue weighted by Crippen LogP contribution is 2.31. The molecule has 8 heteroatoms. The van der Waals surface area contributed by atoms with E-state index < -0.39 is 4.92 Å². The molecule has 8 nitrogen and oxygen atoms in total. The van der Waals surface area contributed by atoms with E-state index in [0.29, 0.717) is 6.54 Å². The van der Waals surface area contributed by atoms with Gasteiger partial charge in [-0.2, -0.15) is 0 Å². The first kappa shape index (κ1) is 23.8. The number of nitrogens with one attached hydrogen (secondary N) is 1. The first-order valence-corrected chi connectivity index (χ1v) is 12.3. The molecule has 1 aliphatic heterocycles. The number of aromatic nitrogens is 2. The summed E-state index contributed by atoms with van der Waals surface area (Å²) in [5, 5.41) is 11.2. The topological polar surface area (TPSA) is 104 Å². The van der Waals surface area contributed by atoms with Gasteiger partial charge in [-0.05, 0) is 28.7 Å². The summed E-state index contributed by atoms with van der Waals surface area (Å²) in [6.07, 6.45) is 0. The number of nitrogens with two attached hydrogens (primary N) is 1. The number of imidazole rings is 1. The largest absolute Gasteiger partial charge is 0.393 e. The molecule has 0 radical (unpaired) electrons. The molecule has 1 fully saturated rings. The number of nitro groups is 1. The van der Waals surface area contributed by atoms with E-state index in [0.717, 1.165) is 59.9 Å². The zero-order valence-electron chi connectivity index (χ0n) is 21.0. The fourth-order valence-corrected chi connectivity index (χ4v) is 4.82. The average Bonchev–Trinajstić information content (AvgIpc) is 3.30. The van der Waals surface area contributed by atoms with E-state index >= 15 is 0 Å². The second-order valence-electron chi connectivity index (χ2n) is 10.5. The molecule has 0 bridgehead atoms. The van der Waals surface area contributed by atoms with Gasteiger partial charge in [-0.3, -0.25) is 15.0 Å². The van der Waals surface area contributed by atoms with Crippen LogP contribution in [0.25, 0.3) is 22.4 Å². The smallest absolute Gasteiger partial charge is 0.292 e. The maximum atomic E-state index is 11.2. The molecule has 186 valence electrons. The van der Waals surface area contributed by atoms with Gasteiger partial charge in [-0.1, -0.05) is 63.2 Å². The van der Waals surface area contributed by atoms with E-state index in [2.05, 4.69) is 78.0 Å². The third-order valence-electron chi connectivity index (χ3n) is 6.99. The molecule has 0 spiro atoms. The number of anilines is 2. The Kier molecular flexibility index (Phi) is 6.14. The van der Waals surface area contributed by atoms with Gasteiger partial charge < -0.3 is 15.6 Å². The summed E-state index contributed by atoms with van der Waals surface area (Å²) in [6.45, 7) is 10.6. The molecular weight excluding hydrogens is 452 g/mol. The number of nitro benzene ring substituents is 1. The van der Waals surface area contributed by atoms with Gasteiger partial charge >= 0.3 is 0 Å². The fourth-order valence-electron chi connectivity index (χ4n) is 4.82. The summed E-state index contributed by atoms with van der Waals surface area (Å²) < 4.78 is 0. The Hall–Kier alpha value is -3.91. The van der Waals surface area contributed by atoms with Crippen LogP contribution >= 0.6 is 0 Å². The number of H-pyrrole nitrogens is 1. The lowest BCUT2D eigenvalue weighted by molar-refractivity contribution is -0.384. The Morgan fingerprint density at radius 1 is 1.00 bits per heavy atom. The van der Waals surface area contributed by atoms with Crippen LogP contribution in [0.4, 0.5) is 17.1 Å². The summed E-state index contributed by atoms with van der Waals surface area (Å²) in [5.41, 5.74) is 12.7. The number of hydrogen-bond acceptors (Lipinski definition) is 6. The van der Waals surface area contributed by atoms with Gasteiger partial charge in [0.15, 0.2) is 0 Å². The van der Waals surface area contributed by atoms with Crippen LogP contribution < -0.4 is 10.6 Å². The van der Waals surface area contributed by atoms with Gasteiger partial charge in [0.1, 0.15) is 17.0 Å². The van der Waals surface area contributed by atoms with Gasteiger partial charge in [0.05, 0.1) is 16.1 Å². The highest BCUT2D eigenvalue weighted by molar-refractivity contribution is 5.91. The van der Waals surface area contributed by atoms with Crippen LogP contribution in [0, 0.1) is 10.1 Å². The van der Waals surface area contributed by atoms with Crippen molar-refractivity contribution in [2.75, 3.05) is 36.8 Å². The molecule has 0 unspecified atom stereocenters. The number of piperazine rings is 1. The number of benzene rings is 3. The zero-order valence-corrected chi connectivity index (χ0v) is 21.0. The maximum Gasteiger partial charge on any atom is 0.292 e. The highest BCUT2D eigenvalue weighted by Gasteiger charge is 2.22. The van der Waals surface area contributed by atoms with E-state index in [-0.39, 0.29) is 16.8 Å². The first-order valence-electron chi connectivity index (χ1n) is 12.3. The van der Waals surface area contributed by atoms with Gasteiger partial charge in [0, 0.05) is 44.4 Å². The normalized spacial score (nSPS) is 14.9. The second-order valence-corrected chi connectivity index (χ2v) is 10.5. The monoisotopic (exact) mass is 484 g/mol. The van der Waals surface area contributed by atoms with Gasteiger partial charge in [0.2, 0.25) is 0 Å². The molecule has 36 heavy (non-hydrogen) atoms. The molecule has 2 heterocycles. The molecule has 4 aromatic rings. The molecule has 0 saturated carbocycles. The van der Waals surface area contributed by atoms with Crippen LogP contribution in [0.15, 0.2) is 60.7 Å². The van der Waals surface area contributed by atoms with E-state index in [4.69, 9.17) is 10.7 Å². The fraction of sp³-hybridized carbons (Fsp3) is 0.321. The van der Waals surface area contributed by atoms with Crippen LogP contribution in [-0.4, -0.2) is 46.0 Å². The Morgan fingerprint density at radius 3 is 2.36 bits per heavy atom. The van der Waals surface area contributed by atoms with Crippen molar-refractivity contribution in [1.29, 1.82) is 0 Å². The number of fused-ring (bicyclic) bond motifs is 1. The minimum Gasteiger partial charge on any atom is -0.393 e. The lowest BCUT2D eigenvalue weighted by Crippen LogP contribution is -2.46. The molecule has 1 aromatic heterocycles. The number of rotatable bonds is 5. The van der Waals surface area contributed by atoms with Crippen LogP contribution in [0.5, 0.6) is 0 Å². The minimum absolute atomic E-state index is 0.0276. The summed E-state index contributed by atoms with van der Waals surface area (Å²) in [5.74, 6) is 0.873. The molecule has 0 amide bonds. The number of para-hydroxylation sites is 2. The lowest BCUT2D eigenvalue weighted by Gasteiger charge is -2.36. The van der Waals surface area contributed by atoms with Crippen LogP contribution in [0.1, 0.15) is 31.9 Å². The second kappa shape index (κ2) is 9.28. The third-order valence-corrected chi connectivity index (χ3v) is 6.99. The van der Waals surface area contributed by atoms with Crippen molar-refractivity contribution in [2.45, 2.75) is 32.7 Å². The van der Waals surface area contributed by atoms with Crippen molar-refractivity contribution in [3.8, 4) is 11.4 Å². The van der Waals surface area contributed by atoms with Gasteiger partial charge in [-0.25, -0.2) is 4.98 Å². The Morgan fingerprint density at radius 2 is 1.69 bits per heavy atom. The van der Waals surface area contributed by atoms with Crippen LogP contribution in [-0.2, 0) is 12.0 Å². The maximum absolute atomic E-state index is 11.2. The third kappa shape index (κ3) is 4.64. The average molecular weight is 485 g/mol. The summed E-state index contributed by atoms with van der Waals surface area (Å²) >= 11 is 0. The summed E-state index contributed by atoms with van der Waals surface area (Å²) in [7, 11) is 0. The Bertz CT molecular complexity index is 1400. The number of nitrogen functional groups attached to an aromatic ring is 1. The quantitative estimate of drug-likeness (QED) is 0.225. The standard InChI is InChI=1S/C28H32N6O2/c1-28(2,3)21-12-10-19(11-13-21)27-30-22-7-5-9-24(26(22)31-27)33-16-14-32(15-17-33)18-20-6-4-8-23(25(20)29)34(35)36/h4-13H,14-18,29H2,1-3H3,(H,30,31). The van der Waals surface area contributed by atoms with E-state index in [1.807, 2.05) is 6.07 Å². The number of aromatic amines is 1. The van der Waals surface area contributed by atoms with Crippen molar-refractivity contribution in [2.24, 2.45) is 0 Å². The number of hydrogen-bond donors (Lipinski definition) is 2. The van der Waals surface area contributed by atoms with Crippen molar-refractivity contribution in [1.82, 2.24) is 14.9 Å². The predicted octanol–water partition coefficient (Wildman–Crippen LogP) is 5.34. The molecule has 5 rings (SSSR count). The van der Waals surface area contributed by atoms with E-state index in [1.54, 1.807) is 6.07 Å². The molecule has 1 saturated heterocycles. The SMILES string of the molecule is CC(C)(C)c1ccc(-c2nc3c(N4CCN(Cc5cccc([N+](=O)[O-])c5N)CC4)cccc3[nH]2)cc1. The number of nitrogens with zero attached hydrogens (tertiary/aromatic N) is 4. The molecular formula is C28H32N6O2. The van der Waals surface area contributed by atoms with Crippen molar-refractivity contribution in [3.63, 3.8) is 0 Å². The van der Waals surface area contributed by atoms with Gasteiger partial charge in [0.25, 0.3) is 5.69 Å². The zero-order chi connectivity index (χ0) is 25.4. The molecule has 0 aliphatic carbocycles. The minimum atomic E-state index is -0.422. The van der Waals surface area contributed by atoms with Crippen LogP contribution in [0.2, 0.25) is 0 Å². The Labute approximate surface area is 210 Å². The van der Waals surface area contributed by atoms with E-state index in [9.17, 15) is 10.1 Å². The van der Waals surface area contributed by atoms with E-state index in [1.165, 1.54) is 11.6 Å². The summed E-state index contributed by atoms with van der Waals surface area (Å²) in [6, 6.07) is 19.9. The molecule has 3 aromatic carbocycles.